The summed E-state index contributed by atoms with van der Waals surface area (Å²) in [6.45, 7) is 1.32. The van der Waals surface area contributed by atoms with Gasteiger partial charge in [0.25, 0.3) is 0 Å². The summed E-state index contributed by atoms with van der Waals surface area (Å²) in [5.41, 5.74) is 1.97. The molecule has 2 heterocycles. The number of piperidine rings is 1. The molecule has 0 atom stereocenters. The summed E-state index contributed by atoms with van der Waals surface area (Å²) in [5.74, 6) is 0.167. The molecule has 0 saturated carbocycles. The average Bonchev–Trinajstić information content (AvgIpc) is 2.80. The van der Waals surface area contributed by atoms with Crippen LogP contribution in [0.1, 0.15) is 12.8 Å². The molecule has 1 aliphatic rings. The molecule has 0 aliphatic carbocycles. The van der Waals surface area contributed by atoms with E-state index in [-0.39, 0.29) is 22.5 Å². The molecule has 2 aromatic carbocycles. The SMILES string of the molecule is NS(=O)(=O)c1ccc(NC(=O)C2CCN(c3ccc(-c4ccc(F)cc4)nn3)CC2)cc1. The molecule has 0 spiro atoms. The van der Waals surface area contributed by atoms with E-state index in [1.54, 1.807) is 12.1 Å². The lowest BCUT2D eigenvalue weighted by Crippen LogP contribution is -2.38. The van der Waals surface area contributed by atoms with E-state index in [0.29, 0.717) is 37.3 Å². The second kappa shape index (κ2) is 9.01. The Morgan fingerprint density at radius 3 is 2.19 bits per heavy atom. The standard InChI is InChI=1S/C22H22FN5O3S/c23-17-3-1-15(2-4-17)20-9-10-21(27-26-20)28-13-11-16(12-14-28)22(29)25-18-5-7-19(8-6-18)32(24,30)31/h1-10,16H,11-14H2,(H,25,29)(H2,24,30,31). The minimum Gasteiger partial charge on any atom is -0.355 e. The van der Waals surface area contributed by atoms with Crippen molar-refractivity contribution in [3.63, 3.8) is 0 Å². The van der Waals surface area contributed by atoms with Crippen molar-refractivity contribution < 1.29 is 17.6 Å². The number of hydrogen-bond donors (Lipinski definition) is 2. The summed E-state index contributed by atoms with van der Waals surface area (Å²) in [6.07, 6.45) is 1.31. The third-order valence-electron chi connectivity index (χ3n) is 5.43. The van der Waals surface area contributed by atoms with Crippen LogP contribution in [0.2, 0.25) is 0 Å². The smallest absolute Gasteiger partial charge is 0.238 e. The van der Waals surface area contributed by atoms with Gasteiger partial charge < -0.3 is 10.2 Å². The monoisotopic (exact) mass is 455 g/mol. The van der Waals surface area contributed by atoms with E-state index >= 15 is 0 Å². The minimum atomic E-state index is -3.77. The van der Waals surface area contributed by atoms with Gasteiger partial charge in [0.2, 0.25) is 15.9 Å². The maximum Gasteiger partial charge on any atom is 0.238 e. The number of primary sulfonamides is 1. The first-order valence-corrected chi connectivity index (χ1v) is 11.6. The number of amides is 1. The van der Waals surface area contributed by atoms with Crippen molar-refractivity contribution in [3.05, 3.63) is 66.5 Å². The highest BCUT2D eigenvalue weighted by molar-refractivity contribution is 7.89. The lowest BCUT2D eigenvalue weighted by atomic mass is 9.96. The van der Waals surface area contributed by atoms with Gasteiger partial charge in [0.05, 0.1) is 10.6 Å². The van der Waals surface area contributed by atoms with E-state index in [1.165, 1.54) is 36.4 Å². The molecular weight excluding hydrogens is 433 g/mol. The van der Waals surface area contributed by atoms with Crippen molar-refractivity contribution in [2.75, 3.05) is 23.3 Å². The van der Waals surface area contributed by atoms with Crippen LogP contribution < -0.4 is 15.4 Å². The van der Waals surface area contributed by atoms with Crippen molar-refractivity contribution in [2.24, 2.45) is 11.1 Å². The van der Waals surface area contributed by atoms with Crippen LogP contribution in [-0.2, 0) is 14.8 Å². The van der Waals surface area contributed by atoms with E-state index in [4.69, 9.17) is 5.14 Å². The molecule has 1 saturated heterocycles. The highest BCUT2D eigenvalue weighted by Gasteiger charge is 2.26. The summed E-state index contributed by atoms with van der Waals surface area (Å²) >= 11 is 0. The number of carbonyl (C=O) groups is 1. The average molecular weight is 456 g/mol. The Kier molecular flexibility index (Phi) is 6.15. The van der Waals surface area contributed by atoms with Gasteiger partial charge >= 0.3 is 0 Å². The molecule has 4 rings (SSSR count). The maximum absolute atomic E-state index is 13.1. The maximum atomic E-state index is 13.1. The lowest BCUT2D eigenvalue weighted by Gasteiger charge is -2.31. The second-order valence-electron chi connectivity index (χ2n) is 7.60. The van der Waals surface area contributed by atoms with Crippen molar-refractivity contribution in [1.29, 1.82) is 0 Å². The Bertz CT molecular complexity index is 1190. The highest BCUT2D eigenvalue weighted by Crippen LogP contribution is 2.25. The van der Waals surface area contributed by atoms with Gasteiger partial charge in [-0.2, -0.15) is 0 Å². The molecule has 8 nitrogen and oxygen atoms in total. The zero-order valence-electron chi connectivity index (χ0n) is 17.1. The van der Waals surface area contributed by atoms with Gasteiger partial charge in [-0.25, -0.2) is 17.9 Å². The van der Waals surface area contributed by atoms with Gasteiger partial charge in [-0.05, 0) is 73.5 Å². The summed E-state index contributed by atoms with van der Waals surface area (Å²) in [6, 6.07) is 15.6. The fourth-order valence-corrected chi connectivity index (χ4v) is 4.13. The van der Waals surface area contributed by atoms with Crippen LogP contribution in [0.25, 0.3) is 11.3 Å². The van der Waals surface area contributed by atoms with E-state index < -0.39 is 10.0 Å². The fourth-order valence-electron chi connectivity index (χ4n) is 3.61. The number of halogens is 1. The number of hydrogen-bond acceptors (Lipinski definition) is 6. The normalized spacial score (nSPS) is 14.9. The van der Waals surface area contributed by atoms with Crippen LogP contribution in [0.15, 0.2) is 65.6 Å². The van der Waals surface area contributed by atoms with Crippen LogP contribution in [0.4, 0.5) is 15.9 Å². The first-order chi connectivity index (χ1) is 15.3. The number of aromatic nitrogens is 2. The Hall–Kier alpha value is -3.37. The predicted octanol–water partition coefficient (Wildman–Crippen LogP) is 2.79. The Morgan fingerprint density at radius 2 is 1.62 bits per heavy atom. The Labute approximate surface area is 185 Å². The zero-order chi connectivity index (χ0) is 22.7. The summed E-state index contributed by atoms with van der Waals surface area (Å²) in [7, 11) is -3.77. The molecule has 0 radical (unpaired) electrons. The number of carbonyl (C=O) groups excluding carboxylic acids is 1. The molecule has 1 fully saturated rings. The van der Waals surface area contributed by atoms with Gasteiger partial charge in [-0.1, -0.05) is 0 Å². The van der Waals surface area contributed by atoms with E-state index in [1.807, 2.05) is 12.1 Å². The van der Waals surface area contributed by atoms with Gasteiger partial charge in [0.1, 0.15) is 5.82 Å². The molecule has 1 amide bonds. The molecule has 1 aliphatic heterocycles. The van der Waals surface area contributed by atoms with E-state index in [2.05, 4.69) is 20.4 Å². The molecule has 3 aromatic rings. The first kappa shape index (κ1) is 21.8. The number of sulfonamides is 1. The number of benzene rings is 2. The van der Waals surface area contributed by atoms with Crippen molar-refractivity contribution in [1.82, 2.24) is 10.2 Å². The topological polar surface area (TPSA) is 118 Å². The van der Waals surface area contributed by atoms with E-state index in [9.17, 15) is 17.6 Å². The predicted molar refractivity (Wildman–Crippen MR) is 119 cm³/mol. The fraction of sp³-hybridized carbons (Fsp3) is 0.227. The second-order valence-corrected chi connectivity index (χ2v) is 9.17. The molecule has 10 heteroatoms. The molecule has 1 aromatic heterocycles. The van der Waals surface area contributed by atoms with Crippen LogP contribution in [0.3, 0.4) is 0 Å². The van der Waals surface area contributed by atoms with Gasteiger partial charge in [-0.3, -0.25) is 4.79 Å². The third-order valence-corrected chi connectivity index (χ3v) is 6.36. The molecule has 32 heavy (non-hydrogen) atoms. The van der Waals surface area contributed by atoms with Crippen LogP contribution >= 0.6 is 0 Å². The zero-order valence-corrected chi connectivity index (χ0v) is 17.9. The van der Waals surface area contributed by atoms with Crippen LogP contribution in [-0.4, -0.2) is 37.6 Å². The van der Waals surface area contributed by atoms with Gasteiger partial charge in [0.15, 0.2) is 5.82 Å². The number of nitrogens with one attached hydrogen (secondary N) is 1. The molecule has 0 bridgehead atoms. The third kappa shape index (κ3) is 5.09. The number of nitrogens with zero attached hydrogens (tertiary/aromatic N) is 3. The summed E-state index contributed by atoms with van der Waals surface area (Å²) < 4.78 is 35.7. The molecular formula is C22H22FN5O3S. The number of nitrogens with two attached hydrogens (primary N) is 1. The molecule has 3 N–H and O–H groups in total. The minimum absolute atomic E-state index is 0.00429. The van der Waals surface area contributed by atoms with Gasteiger partial charge in [0, 0.05) is 30.3 Å². The van der Waals surface area contributed by atoms with Gasteiger partial charge in [-0.15, -0.1) is 10.2 Å². The summed E-state index contributed by atoms with van der Waals surface area (Å²) in [5, 5.41) is 16.4. The molecule has 166 valence electrons. The van der Waals surface area contributed by atoms with Crippen LogP contribution in [0.5, 0.6) is 0 Å². The highest BCUT2D eigenvalue weighted by atomic mass is 32.2. The van der Waals surface area contributed by atoms with Crippen LogP contribution in [0, 0.1) is 11.7 Å². The Balaban J connectivity index is 1.32. The Morgan fingerprint density at radius 1 is 0.969 bits per heavy atom. The molecule has 0 unspecified atom stereocenters. The number of anilines is 2. The van der Waals surface area contributed by atoms with Crippen molar-refractivity contribution >= 4 is 27.4 Å². The van der Waals surface area contributed by atoms with E-state index in [0.717, 1.165) is 11.4 Å². The van der Waals surface area contributed by atoms with Crippen molar-refractivity contribution in [3.8, 4) is 11.3 Å². The lowest BCUT2D eigenvalue weighted by molar-refractivity contribution is -0.120. The van der Waals surface area contributed by atoms with Crippen molar-refractivity contribution in [2.45, 2.75) is 17.7 Å². The number of rotatable bonds is 5. The summed E-state index contributed by atoms with van der Waals surface area (Å²) in [4.78, 5) is 14.7. The first-order valence-electron chi connectivity index (χ1n) is 10.1. The quantitative estimate of drug-likeness (QED) is 0.611. The largest absolute Gasteiger partial charge is 0.355 e.